The summed E-state index contributed by atoms with van der Waals surface area (Å²) in [5.41, 5.74) is 2.06. The number of nitrogens with zero attached hydrogens (tertiary/aromatic N) is 3. The van der Waals surface area contributed by atoms with Gasteiger partial charge in [-0.3, -0.25) is 18.8 Å². The van der Waals surface area contributed by atoms with Gasteiger partial charge in [0.05, 0.1) is 16.6 Å². The van der Waals surface area contributed by atoms with Crippen LogP contribution >= 0.6 is 11.6 Å². The van der Waals surface area contributed by atoms with Gasteiger partial charge in [0.1, 0.15) is 6.04 Å². The highest BCUT2D eigenvalue weighted by molar-refractivity contribution is 6.32. The van der Waals surface area contributed by atoms with E-state index >= 15 is 0 Å². The maximum Gasteiger partial charge on any atom is 0.334 e. The number of amides is 1. The van der Waals surface area contributed by atoms with E-state index in [9.17, 15) is 29.4 Å². The molecule has 42 heavy (non-hydrogen) atoms. The SMILES string of the molecule is CNC(=O)C(C(=CC(=O)O)C(=O)O)n1c(=O)n(C2CCN(C3Cc4c(Cl)ccc5cccc3c45)CC2)c2ccccc21. The van der Waals surface area contributed by atoms with Crippen molar-refractivity contribution in [3.8, 4) is 0 Å². The normalized spacial score (nSPS) is 18.4. The number of hydrogen-bond donors (Lipinski definition) is 3. The fourth-order valence-electron chi connectivity index (χ4n) is 6.74. The molecule has 1 fully saturated rings. The second-order valence-corrected chi connectivity index (χ2v) is 11.1. The number of fused-ring (bicyclic) bond motifs is 1. The Hall–Kier alpha value is -4.41. The Bertz CT molecular complexity index is 1850. The van der Waals surface area contributed by atoms with E-state index in [1.54, 1.807) is 28.8 Å². The van der Waals surface area contributed by atoms with Crippen molar-refractivity contribution in [2.45, 2.75) is 37.4 Å². The van der Waals surface area contributed by atoms with Gasteiger partial charge in [-0.2, -0.15) is 0 Å². The predicted molar refractivity (Wildman–Crippen MR) is 158 cm³/mol. The molecule has 11 heteroatoms. The molecular formula is C31H29ClN4O6. The smallest absolute Gasteiger partial charge is 0.334 e. The molecule has 0 radical (unpaired) electrons. The monoisotopic (exact) mass is 588 g/mol. The highest BCUT2D eigenvalue weighted by Gasteiger charge is 2.37. The number of piperidine rings is 1. The van der Waals surface area contributed by atoms with Crippen LogP contribution in [0.5, 0.6) is 0 Å². The van der Waals surface area contributed by atoms with Crippen LogP contribution in [-0.2, 0) is 20.8 Å². The predicted octanol–water partition coefficient (Wildman–Crippen LogP) is 3.93. The quantitative estimate of drug-likeness (QED) is 0.279. The Balaban J connectivity index is 1.35. The lowest BCUT2D eigenvalue weighted by molar-refractivity contribution is -0.136. The van der Waals surface area contributed by atoms with Crippen LogP contribution in [0.2, 0.25) is 5.02 Å². The average molecular weight is 589 g/mol. The molecule has 1 saturated heterocycles. The zero-order valence-electron chi connectivity index (χ0n) is 22.8. The molecule has 2 heterocycles. The number of halogens is 1. The van der Waals surface area contributed by atoms with E-state index in [2.05, 4.69) is 34.5 Å². The number of benzene rings is 3. The summed E-state index contributed by atoms with van der Waals surface area (Å²) in [6.07, 6.45) is 2.60. The summed E-state index contributed by atoms with van der Waals surface area (Å²) in [6, 6.07) is 15.5. The number of aliphatic carboxylic acids is 2. The molecule has 1 aromatic heterocycles. The lowest BCUT2D eigenvalue weighted by atomic mass is 9.99. The number of nitrogens with one attached hydrogen (secondary N) is 1. The van der Waals surface area contributed by atoms with Crippen LogP contribution in [0.1, 0.15) is 42.1 Å². The van der Waals surface area contributed by atoms with Crippen molar-refractivity contribution in [3.63, 3.8) is 0 Å². The summed E-state index contributed by atoms with van der Waals surface area (Å²) in [6.45, 7) is 1.45. The third kappa shape index (κ3) is 4.47. The van der Waals surface area contributed by atoms with Crippen molar-refractivity contribution in [2.75, 3.05) is 20.1 Å². The van der Waals surface area contributed by atoms with Gasteiger partial charge in [0.25, 0.3) is 0 Å². The third-order valence-corrected chi connectivity index (χ3v) is 8.93. The number of imidazole rings is 1. The summed E-state index contributed by atoms with van der Waals surface area (Å²) in [7, 11) is 1.31. The molecule has 1 amide bonds. The maximum atomic E-state index is 14.1. The Labute approximate surface area is 245 Å². The number of rotatable bonds is 7. The minimum absolute atomic E-state index is 0.180. The van der Waals surface area contributed by atoms with Crippen molar-refractivity contribution in [1.29, 1.82) is 0 Å². The van der Waals surface area contributed by atoms with Crippen molar-refractivity contribution in [3.05, 3.63) is 92.9 Å². The van der Waals surface area contributed by atoms with E-state index in [1.807, 2.05) is 6.07 Å². The molecule has 2 atom stereocenters. The van der Waals surface area contributed by atoms with E-state index in [1.165, 1.54) is 28.9 Å². The van der Waals surface area contributed by atoms with Crippen LogP contribution in [-0.4, -0.2) is 62.2 Å². The summed E-state index contributed by atoms with van der Waals surface area (Å²) in [4.78, 5) is 53.1. The van der Waals surface area contributed by atoms with Crippen LogP contribution in [0.25, 0.3) is 21.8 Å². The highest BCUT2D eigenvalue weighted by atomic mass is 35.5. The molecule has 10 nitrogen and oxygen atoms in total. The minimum atomic E-state index is -1.68. The largest absolute Gasteiger partial charge is 0.478 e. The van der Waals surface area contributed by atoms with Crippen molar-refractivity contribution in [2.24, 2.45) is 0 Å². The topological polar surface area (TPSA) is 134 Å². The third-order valence-electron chi connectivity index (χ3n) is 8.58. The number of carboxylic acid groups (broad SMARTS) is 2. The summed E-state index contributed by atoms with van der Waals surface area (Å²) >= 11 is 6.59. The summed E-state index contributed by atoms with van der Waals surface area (Å²) in [5.74, 6) is -3.94. The molecular weight excluding hydrogens is 560 g/mol. The standard InChI is InChI=1S/C31H29ClN4O6/c1-33-29(39)28(21(30(40)41)16-26(37)38)36-24-8-3-2-7-23(24)35(31(36)42)18-11-13-34(14-12-18)25-15-20-22(32)10-9-17-5-4-6-19(25)27(17)20/h2-10,16,18,25,28H,11-15H2,1H3,(H,33,39)(H,37,38)(H,40,41). The Morgan fingerprint density at radius 3 is 2.38 bits per heavy atom. The first-order valence-corrected chi connectivity index (χ1v) is 14.1. The zero-order valence-corrected chi connectivity index (χ0v) is 23.5. The lowest BCUT2D eigenvalue weighted by Gasteiger charge is -2.37. The van der Waals surface area contributed by atoms with Crippen LogP contribution < -0.4 is 11.0 Å². The number of carboxylic acids is 2. The number of hydrogen-bond acceptors (Lipinski definition) is 5. The highest BCUT2D eigenvalue weighted by Crippen LogP contribution is 2.44. The summed E-state index contributed by atoms with van der Waals surface area (Å²) < 4.78 is 2.73. The van der Waals surface area contributed by atoms with Gasteiger partial charge in [0.2, 0.25) is 5.91 Å². The van der Waals surface area contributed by atoms with Gasteiger partial charge in [-0.1, -0.05) is 48.0 Å². The molecule has 1 aliphatic carbocycles. The van der Waals surface area contributed by atoms with Crippen LogP contribution in [0.4, 0.5) is 0 Å². The van der Waals surface area contributed by atoms with E-state index in [0.717, 1.165) is 29.1 Å². The Morgan fingerprint density at radius 2 is 1.71 bits per heavy atom. The molecule has 0 bridgehead atoms. The van der Waals surface area contributed by atoms with Crippen molar-refractivity contribution in [1.82, 2.24) is 19.4 Å². The van der Waals surface area contributed by atoms with E-state index in [0.29, 0.717) is 30.0 Å². The first kappa shape index (κ1) is 27.7. The molecule has 6 rings (SSSR count). The Morgan fingerprint density at radius 1 is 1.00 bits per heavy atom. The summed E-state index contributed by atoms with van der Waals surface area (Å²) in [5, 5.41) is 24.7. The van der Waals surface area contributed by atoms with Gasteiger partial charge < -0.3 is 15.5 Å². The van der Waals surface area contributed by atoms with Gasteiger partial charge in [0.15, 0.2) is 0 Å². The average Bonchev–Trinajstić information content (AvgIpc) is 3.51. The fourth-order valence-corrected chi connectivity index (χ4v) is 6.98. The van der Waals surface area contributed by atoms with Gasteiger partial charge in [-0.15, -0.1) is 0 Å². The molecule has 3 aromatic carbocycles. The number of likely N-dealkylation sites (N-methyl/N-ethyl adjacent to an activating group) is 1. The van der Waals surface area contributed by atoms with Gasteiger partial charge in [0, 0.05) is 43.3 Å². The fraction of sp³-hybridized carbons (Fsp3) is 0.290. The second-order valence-electron chi connectivity index (χ2n) is 10.7. The number of carbonyl (C=O) groups excluding carboxylic acids is 1. The van der Waals surface area contributed by atoms with Crippen LogP contribution in [0.15, 0.2) is 71.0 Å². The maximum absolute atomic E-state index is 14.1. The molecule has 4 aromatic rings. The minimum Gasteiger partial charge on any atom is -0.478 e. The molecule has 2 aliphatic rings. The number of likely N-dealkylation sites (tertiary alicyclic amines) is 1. The van der Waals surface area contributed by atoms with Gasteiger partial charge in [-0.25, -0.2) is 14.4 Å². The van der Waals surface area contributed by atoms with Gasteiger partial charge >= 0.3 is 17.6 Å². The van der Waals surface area contributed by atoms with E-state index in [4.69, 9.17) is 11.6 Å². The zero-order chi connectivity index (χ0) is 29.7. The van der Waals surface area contributed by atoms with Crippen LogP contribution in [0.3, 0.4) is 0 Å². The molecule has 0 saturated carbocycles. The molecule has 216 valence electrons. The van der Waals surface area contributed by atoms with Crippen molar-refractivity contribution >= 4 is 51.3 Å². The van der Waals surface area contributed by atoms with Crippen LogP contribution in [0, 0.1) is 0 Å². The lowest BCUT2D eigenvalue weighted by Crippen LogP contribution is -2.42. The first-order chi connectivity index (χ1) is 20.2. The first-order valence-electron chi connectivity index (χ1n) is 13.8. The molecule has 1 aliphatic heterocycles. The number of para-hydroxylation sites is 2. The second kappa shape index (κ2) is 10.8. The van der Waals surface area contributed by atoms with E-state index in [-0.39, 0.29) is 12.1 Å². The Kier molecular flexibility index (Phi) is 7.12. The van der Waals surface area contributed by atoms with E-state index < -0.39 is 35.2 Å². The van der Waals surface area contributed by atoms with Gasteiger partial charge in [-0.05, 0) is 59.4 Å². The number of aromatic nitrogens is 2. The molecule has 3 N–H and O–H groups in total. The van der Waals surface area contributed by atoms with Crippen molar-refractivity contribution < 1.29 is 24.6 Å². The molecule has 2 unspecified atom stereocenters. The molecule has 0 spiro atoms. The number of carbonyl (C=O) groups is 3.